The zero-order valence-corrected chi connectivity index (χ0v) is 14.9. The highest BCUT2D eigenvalue weighted by molar-refractivity contribution is 5.84. The fraction of sp³-hybridized carbons (Fsp3) is 0.550. The number of rotatable bonds is 5. The molecule has 5 heteroatoms. The molecular formula is C20H26N2O3. The van der Waals surface area contributed by atoms with E-state index in [9.17, 15) is 4.79 Å². The largest absolute Gasteiger partial charge is 0.460 e. The molecule has 134 valence electrons. The Kier molecular flexibility index (Phi) is 4.52. The summed E-state index contributed by atoms with van der Waals surface area (Å²) in [6, 6.07) is 10.2. The fourth-order valence-electron chi connectivity index (χ4n) is 4.37. The van der Waals surface area contributed by atoms with Crippen LogP contribution in [0.5, 0.6) is 0 Å². The van der Waals surface area contributed by atoms with Gasteiger partial charge in [0.05, 0.1) is 18.6 Å². The minimum Gasteiger partial charge on any atom is -0.460 e. The topological polar surface area (TPSA) is 45.9 Å². The number of hydrogen-bond acceptors (Lipinski definition) is 4. The third-order valence-corrected chi connectivity index (χ3v) is 5.68. The smallest absolute Gasteiger partial charge is 0.230 e. The lowest BCUT2D eigenvalue weighted by atomic mass is 9.78. The second-order valence-corrected chi connectivity index (χ2v) is 7.38. The van der Waals surface area contributed by atoms with Gasteiger partial charge in [-0.05, 0) is 37.9 Å². The summed E-state index contributed by atoms with van der Waals surface area (Å²) in [7, 11) is 1.69. The average molecular weight is 342 g/mol. The monoisotopic (exact) mass is 342 g/mol. The van der Waals surface area contributed by atoms with E-state index < -0.39 is 0 Å². The van der Waals surface area contributed by atoms with E-state index in [2.05, 4.69) is 17.0 Å². The third kappa shape index (κ3) is 3.18. The zero-order valence-electron chi connectivity index (χ0n) is 14.9. The van der Waals surface area contributed by atoms with E-state index >= 15 is 0 Å². The number of hydrogen-bond donors (Lipinski definition) is 0. The van der Waals surface area contributed by atoms with Crippen LogP contribution in [0.25, 0.3) is 11.0 Å². The van der Waals surface area contributed by atoms with E-state index in [0.29, 0.717) is 19.1 Å². The molecule has 2 aliphatic heterocycles. The molecule has 0 aliphatic carbocycles. The number of methoxy groups -OCH3 is 1. The van der Waals surface area contributed by atoms with Gasteiger partial charge >= 0.3 is 0 Å². The normalized spacial score (nSPS) is 24.7. The number of carbonyl (C=O) groups is 1. The molecule has 1 atom stereocenters. The number of furan rings is 1. The maximum absolute atomic E-state index is 13.0. The quantitative estimate of drug-likeness (QED) is 0.838. The van der Waals surface area contributed by atoms with Crippen LogP contribution in [0, 0.1) is 5.41 Å². The highest BCUT2D eigenvalue weighted by atomic mass is 16.5. The molecule has 3 heterocycles. The van der Waals surface area contributed by atoms with Gasteiger partial charge in [0, 0.05) is 32.1 Å². The van der Waals surface area contributed by atoms with Crippen LogP contribution in [0.3, 0.4) is 0 Å². The van der Waals surface area contributed by atoms with Crippen LogP contribution in [0.1, 0.15) is 25.0 Å². The lowest BCUT2D eigenvalue weighted by molar-refractivity contribution is -0.146. The molecule has 4 rings (SSSR count). The van der Waals surface area contributed by atoms with Gasteiger partial charge in [-0.15, -0.1) is 0 Å². The van der Waals surface area contributed by atoms with Gasteiger partial charge in [0.25, 0.3) is 0 Å². The minimum atomic E-state index is -0.196. The molecule has 1 aromatic carbocycles. The number of piperidine rings is 1. The van der Waals surface area contributed by atoms with Crippen molar-refractivity contribution < 1.29 is 13.9 Å². The maximum Gasteiger partial charge on any atom is 0.230 e. The first-order chi connectivity index (χ1) is 12.2. The van der Waals surface area contributed by atoms with Gasteiger partial charge in [-0.1, -0.05) is 18.2 Å². The number of carbonyl (C=O) groups excluding carboxylic acids is 1. The van der Waals surface area contributed by atoms with Crippen molar-refractivity contribution in [1.29, 1.82) is 0 Å². The Labute approximate surface area is 148 Å². The maximum atomic E-state index is 13.0. The number of para-hydroxylation sites is 1. The predicted molar refractivity (Wildman–Crippen MR) is 96.2 cm³/mol. The number of fused-ring (bicyclic) bond motifs is 1. The number of likely N-dealkylation sites (tertiary alicyclic amines) is 2. The molecule has 2 aliphatic rings. The number of ether oxygens (including phenoxy) is 1. The molecule has 0 unspecified atom stereocenters. The van der Waals surface area contributed by atoms with Gasteiger partial charge in [0.15, 0.2) is 0 Å². The zero-order chi connectivity index (χ0) is 17.3. The van der Waals surface area contributed by atoms with Crippen molar-refractivity contribution in [3.05, 3.63) is 36.1 Å². The summed E-state index contributed by atoms with van der Waals surface area (Å²) < 4.78 is 11.1. The van der Waals surface area contributed by atoms with E-state index in [-0.39, 0.29) is 5.41 Å². The van der Waals surface area contributed by atoms with Crippen LogP contribution >= 0.6 is 0 Å². The van der Waals surface area contributed by atoms with Crippen LogP contribution in [0.4, 0.5) is 0 Å². The molecule has 2 fully saturated rings. The molecule has 2 saturated heterocycles. The average Bonchev–Trinajstić information content (AvgIpc) is 3.21. The van der Waals surface area contributed by atoms with Crippen LogP contribution in [-0.4, -0.2) is 55.6 Å². The van der Waals surface area contributed by atoms with E-state index in [1.165, 1.54) is 0 Å². The lowest BCUT2D eigenvalue weighted by Crippen LogP contribution is -2.50. The standard InChI is InChI=1S/C20H26N2O3/c1-24-12-11-22-9-4-7-20(19(22)23)8-10-21(15-20)14-17-13-16-5-2-3-6-18(16)25-17/h2-3,5-6,13H,4,7-12,14-15H2,1H3/t20-/m1/s1. The van der Waals surface area contributed by atoms with Crippen LogP contribution < -0.4 is 0 Å². The molecule has 5 nitrogen and oxygen atoms in total. The Balaban J connectivity index is 1.44. The fourth-order valence-corrected chi connectivity index (χ4v) is 4.37. The van der Waals surface area contributed by atoms with Crippen molar-refractivity contribution in [3.63, 3.8) is 0 Å². The predicted octanol–water partition coefficient (Wildman–Crippen LogP) is 2.89. The van der Waals surface area contributed by atoms with Gasteiger partial charge < -0.3 is 14.1 Å². The SMILES string of the molecule is COCCN1CCC[C@]2(CCN(Cc3cc4ccccc4o3)C2)C1=O. The molecule has 1 aromatic heterocycles. The molecule has 1 spiro atoms. The summed E-state index contributed by atoms with van der Waals surface area (Å²) in [6.07, 6.45) is 3.05. The van der Waals surface area contributed by atoms with Crippen molar-refractivity contribution in [2.45, 2.75) is 25.8 Å². The molecular weight excluding hydrogens is 316 g/mol. The van der Waals surface area contributed by atoms with Gasteiger partial charge in [-0.25, -0.2) is 0 Å². The Bertz CT molecular complexity index is 723. The Morgan fingerprint density at radius 2 is 2.12 bits per heavy atom. The molecule has 0 N–H and O–H groups in total. The Morgan fingerprint density at radius 3 is 2.96 bits per heavy atom. The summed E-state index contributed by atoms with van der Waals surface area (Å²) in [5.41, 5.74) is 0.740. The second-order valence-electron chi connectivity index (χ2n) is 7.38. The van der Waals surface area contributed by atoms with Crippen molar-refractivity contribution in [2.75, 3.05) is 39.9 Å². The van der Waals surface area contributed by atoms with Crippen molar-refractivity contribution >= 4 is 16.9 Å². The van der Waals surface area contributed by atoms with E-state index in [1.54, 1.807) is 7.11 Å². The highest BCUT2D eigenvalue weighted by Gasteiger charge is 2.48. The molecule has 0 bridgehead atoms. The summed E-state index contributed by atoms with van der Waals surface area (Å²) in [4.78, 5) is 17.4. The van der Waals surface area contributed by atoms with Crippen LogP contribution in [-0.2, 0) is 16.1 Å². The summed E-state index contributed by atoms with van der Waals surface area (Å²) in [5.74, 6) is 1.31. The summed E-state index contributed by atoms with van der Waals surface area (Å²) in [6.45, 7) is 4.77. The first-order valence-electron chi connectivity index (χ1n) is 9.18. The number of amides is 1. The number of benzene rings is 1. The molecule has 0 radical (unpaired) electrons. The van der Waals surface area contributed by atoms with Crippen molar-refractivity contribution in [2.24, 2.45) is 5.41 Å². The van der Waals surface area contributed by atoms with E-state index in [4.69, 9.17) is 9.15 Å². The van der Waals surface area contributed by atoms with Gasteiger partial charge in [-0.3, -0.25) is 9.69 Å². The molecule has 1 amide bonds. The van der Waals surface area contributed by atoms with Gasteiger partial charge in [-0.2, -0.15) is 0 Å². The van der Waals surface area contributed by atoms with Crippen LogP contribution in [0.2, 0.25) is 0 Å². The van der Waals surface area contributed by atoms with E-state index in [1.807, 2.05) is 23.1 Å². The molecule has 25 heavy (non-hydrogen) atoms. The summed E-state index contributed by atoms with van der Waals surface area (Å²) in [5, 5.41) is 1.14. The highest BCUT2D eigenvalue weighted by Crippen LogP contribution is 2.40. The van der Waals surface area contributed by atoms with Crippen molar-refractivity contribution in [3.8, 4) is 0 Å². The summed E-state index contributed by atoms with van der Waals surface area (Å²) >= 11 is 0. The van der Waals surface area contributed by atoms with Crippen molar-refractivity contribution in [1.82, 2.24) is 9.80 Å². The second kappa shape index (κ2) is 6.81. The Morgan fingerprint density at radius 1 is 1.24 bits per heavy atom. The van der Waals surface area contributed by atoms with Crippen LogP contribution in [0.15, 0.2) is 34.7 Å². The Hall–Kier alpha value is -1.85. The van der Waals surface area contributed by atoms with E-state index in [0.717, 1.165) is 62.2 Å². The molecule has 2 aromatic rings. The third-order valence-electron chi connectivity index (χ3n) is 5.68. The number of nitrogens with zero attached hydrogens (tertiary/aromatic N) is 2. The van der Waals surface area contributed by atoms with Gasteiger partial charge in [0.1, 0.15) is 11.3 Å². The minimum absolute atomic E-state index is 0.196. The lowest BCUT2D eigenvalue weighted by Gasteiger charge is -2.39. The first kappa shape index (κ1) is 16.6. The van der Waals surface area contributed by atoms with Gasteiger partial charge in [0.2, 0.25) is 5.91 Å². The molecule has 0 saturated carbocycles. The first-order valence-corrected chi connectivity index (χ1v) is 9.18.